The number of likely N-dealkylation sites (N-methyl/N-ethyl adjacent to an activating group) is 1. The number of nitrogens with zero attached hydrogens (tertiary/aromatic N) is 1. The molecule has 0 saturated carbocycles. The Morgan fingerprint density at radius 3 is 2.32 bits per heavy atom. The van der Waals surface area contributed by atoms with Gasteiger partial charge >= 0.3 is 0 Å². The molecule has 0 radical (unpaired) electrons. The van der Waals surface area contributed by atoms with E-state index in [1.165, 1.54) is 5.56 Å². The van der Waals surface area contributed by atoms with Crippen molar-refractivity contribution in [2.24, 2.45) is 0 Å². The zero-order valence-electron chi connectivity index (χ0n) is 12.8. The van der Waals surface area contributed by atoms with Crippen molar-refractivity contribution in [3.05, 3.63) is 28.8 Å². The summed E-state index contributed by atoms with van der Waals surface area (Å²) in [7, 11) is 0. The van der Waals surface area contributed by atoms with Gasteiger partial charge in [0.2, 0.25) is 0 Å². The number of aromatic hydroxyl groups is 1. The van der Waals surface area contributed by atoms with E-state index in [0.717, 1.165) is 24.2 Å². The van der Waals surface area contributed by atoms with Crippen molar-refractivity contribution in [1.29, 1.82) is 0 Å². The van der Waals surface area contributed by atoms with Gasteiger partial charge in [0, 0.05) is 13.1 Å². The Kier molecular flexibility index (Phi) is 5.39. The first-order valence-electron chi connectivity index (χ1n) is 6.95. The minimum absolute atomic E-state index is 0.0706. The standard InChI is InChI=1S/C16H27NO2/c1-6-17(7-8-18)11-13-9-12(2)15(19)14(10-13)16(3,4)5/h9-10,18-19H,6-8,11H2,1-5H3. The molecule has 19 heavy (non-hydrogen) atoms. The zero-order valence-corrected chi connectivity index (χ0v) is 12.8. The molecule has 2 N–H and O–H groups in total. The molecule has 0 spiro atoms. The van der Waals surface area contributed by atoms with E-state index in [1.807, 2.05) is 13.0 Å². The average Bonchev–Trinajstić information content (AvgIpc) is 2.31. The molecule has 0 fully saturated rings. The molecule has 0 amide bonds. The fourth-order valence-corrected chi connectivity index (χ4v) is 2.27. The molecule has 0 aliphatic rings. The molecule has 0 unspecified atom stereocenters. The Morgan fingerprint density at radius 1 is 1.21 bits per heavy atom. The average molecular weight is 265 g/mol. The molecule has 0 aliphatic carbocycles. The SMILES string of the molecule is CCN(CCO)Cc1cc(C)c(O)c(C(C)(C)C)c1. The predicted molar refractivity (Wildman–Crippen MR) is 79.6 cm³/mol. The molecule has 3 heteroatoms. The van der Waals surface area contributed by atoms with Crippen LogP contribution in [0.25, 0.3) is 0 Å². The summed E-state index contributed by atoms with van der Waals surface area (Å²) in [6.45, 7) is 12.9. The largest absolute Gasteiger partial charge is 0.507 e. The van der Waals surface area contributed by atoms with Crippen molar-refractivity contribution in [3.63, 3.8) is 0 Å². The molecule has 0 bridgehead atoms. The summed E-state index contributed by atoms with van der Waals surface area (Å²) in [6.07, 6.45) is 0. The summed E-state index contributed by atoms with van der Waals surface area (Å²) in [5.41, 5.74) is 3.03. The minimum Gasteiger partial charge on any atom is -0.507 e. The minimum atomic E-state index is -0.0706. The van der Waals surface area contributed by atoms with Crippen LogP contribution >= 0.6 is 0 Å². The summed E-state index contributed by atoms with van der Waals surface area (Å²) >= 11 is 0. The molecular weight excluding hydrogens is 238 g/mol. The Hall–Kier alpha value is -1.06. The molecule has 1 rings (SSSR count). The molecular formula is C16H27NO2. The maximum absolute atomic E-state index is 10.2. The number of aliphatic hydroxyl groups excluding tert-OH is 1. The van der Waals surface area contributed by atoms with Gasteiger partial charge in [-0.3, -0.25) is 4.90 Å². The second-order valence-electron chi connectivity index (χ2n) is 6.15. The lowest BCUT2D eigenvalue weighted by Crippen LogP contribution is -2.26. The first-order chi connectivity index (χ1) is 8.79. The summed E-state index contributed by atoms with van der Waals surface area (Å²) in [4.78, 5) is 2.19. The van der Waals surface area contributed by atoms with Crippen molar-refractivity contribution in [3.8, 4) is 5.75 Å². The van der Waals surface area contributed by atoms with Gasteiger partial charge in [0.15, 0.2) is 0 Å². The van der Waals surface area contributed by atoms with Crippen LogP contribution in [0.3, 0.4) is 0 Å². The van der Waals surface area contributed by atoms with E-state index < -0.39 is 0 Å². The van der Waals surface area contributed by atoms with Gasteiger partial charge in [-0.1, -0.05) is 39.8 Å². The highest BCUT2D eigenvalue weighted by Gasteiger charge is 2.20. The third kappa shape index (κ3) is 4.22. The van der Waals surface area contributed by atoms with Crippen LogP contribution in [0.2, 0.25) is 0 Å². The Morgan fingerprint density at radius 2 is 1.84 bits per heavy atom. The van der Waals surface area contributed by atoms with Crippen LogP contribution < -0.4 is 0 Å². The van der Waals surface area contributed by atoms with E-state index >= 15 is 0 Å². The summed E-state index contributed by atoms with van der Waals surface area (Å²) in [5.74, 6) is 0.404. The highest BCUT2D eigenvalue weighted by molar-refractivity contribution is 5.46. The molecule has 0 aliphatic heterocycles. The quantitative estimate of drug-likeness (QED) is 0.860. The van der Waals surface area contributed by atoms with Crippen LogP contribution in [0.5, 0.6) is 5.75 Å². The normalized spacial score (nSPS) is 12.2. The van der Waals surface area contributed by atoms with Crippen molar-refractivity contribution >= 4 is 0 Å². The molecule has 0 atom stereocenters. The monoisotopic (exact) mass is 265 g/mol. The lowest BCUT2D eigenvalue weighted by Gasteiger charge is -2.25. The highest BCUT2D eigenvalue weighted by Crippen LogP contribution is 2.34. The number of hydrogen-bond donors (Lipinski definition) is 2. The number of aliphatic hydroxyl groups is 1. The maximum atomic E-state index is 10.2. The van der Waals surface area contributed by atoms with E-state index in [9.17, 15) is 5.11 Å². The van der Waals surface area contributed by atoms with E-state index in [4.69, 9.17) is 5.11 Å². The fourth-order valence-electron chi connectivity index (χ4n) is 2.27. The number of benzene rings is 1. The Labute approximate surface area is 116 Å². The maximum Gasteiger partial charge on any atom is 0.122 e. The molecule has 1 aromatic rings. The van der Waals surface area contributed by atoms with Crippen molar-refractivity contribution in [2.75, 3.05) is 19.7 Å². The second-order valence-corrected chi connectivity index (χ2v) is 6.15. The second kappa shape index (κ2) is 6.40. The molecule has 0 aromatic heterocycles. The van der Waals surface area contributed by atoms with Crippen LogP contribution in [0.15, 0.2) is 12.1 Å². The van der Waals surface area contributed by atoms with Gasteiger partial charge in [0.05, 0.1) is 6.61 Å². The van der Waals surface area contributed by atoms with Gasteiger partial charge in [0.25, 0.3) is 0 Å². The highest BCUT2D eigenvalue weighted by atomic mass is 16.3. The van der Waals surface area contributed by atoms with Crippen LogP contribution in [0.4, 0.5) is 0 Å². The first-order valence-corrected chi connectivity index (χ1v) is 6.95. The summed E-state index contributed by atoms with van der Waals surface area (Å²) in [6, 6.07) is 4.12. The van der Waals surface area contributed by atoms with Gasteiger partial charge in [-0.2, -0.15) is 0 Å². The Bertz CT molecular complexity index is 421. The first kappa shape index (κ1) is 16.0. The third-order valence-electron chi connectivity index (χ3n) is 3.44. The van der Waals surface area contributed by atoms with Gasteiger partial charge in [-0.15, -0.1) is 0 Å². The van der Waals surface area contributed by atoms with Gasteiger partial charge < -0.3 is 10.2 Å². The summed E-state index contributed by atoms with van der Waals surface area (Å²) in [5, 5.41) is 19.2. The van der Waals surface area contributed by atoms with E-state index in [-0.39, 0.29) is 12.0 Å². The third-order valence-corrected chi connectivity index (χ3v) is 3.44. The lowest BCUT2D eigenvalue weighted by atomic mass is 9.84. The van der Waals surface area contributed by atoms with Crippen molar-refractivity contribution in [2.45, 2.75) is 46.6 Å². The van der Waals surface area contributed by atoms with Crippen LogP contribution in [-0.4, -0.2) is 34.8 Å². The van der Waals surface area contributed by atoms with E-state index in [0.29, 0.717) is 12.3 Å². The zero-order chi connectivity index (χ0) is 14.6. The van der Waals surface area contributed by atoms with Crippen molar-refractivity contribution < 1.29 is 10.2 Å². The van der Waals surface area contributed by atoms with Crippen LogP contribution in [-0.2, 0) is 12.0 Å². The van der Waals surface area contributed by atoms with E-state index in [1.54, 1.807) is 0 Å². The van der Waals surface area contributed by atoms with E-state index in [2.05, 4.69) is 38.7 Å². The topological polar surface area (TPSA) is 43.7 Å². The van der Waals surface area contributed by atoms with Gasteiger partial charge in [0.1, 0.15) is 5.75 Å². The van der Waals surface area contributed by atoms with Crippen molar-refractivity contribution in [1.82, 2.24) is 4.90 Å². The van der Waals surface area contributed by atoms with Crippen LogP contribution in [0, 0.1) is 6.92 Å². The van der Waals surface area contributed by atoms with Gasteiger partial charge in [-0.05, 0) is 35.6 Å². The number of rotatable bonds is 5. The number of hydrogen-bond acceptors (Lipinski definition) is 3. The Balaban J connectivity index is 3.06. The molecule has 3 nitrogen and oxygen atoms in total. The summed E-state index contributed by atoms with van der Waals surface area (Å²) < 4.78 is 0. The van der Waals surface area contributed by atoms with Crippen LogP contribution in [0.1, 0.15) is 44.4 Å². The fraction of sp³-hybridized carbons (Fsp3) is 0.625. The smallest absolute Gasteiger partial charge is 0.122 e. The number of phenolic OH excluding ortho intramolecular Hbond substituents is 1. The van der Waals surface area contributed by atoms with Gasteiger partial charge in [-0.25, -0.2) is 0 Å². The molecule has 0 saturated heterocycles. The molecule has 0 heterocycles. The molecule has 108 valence electrons. The lowest BCUT2D eigenvalue weighted by molar-refractivity contribution is 0.196. The predicted octanol–water partition coefficient (Wildman–Crippen LogP) is 2.81. The molecule has 1 aromatic carbocycles. The number of phenols is 1. The number of aryl methyl sites for hydroxylation is 1.